The number of aromatic carboxylic acids is 1. The second kappa shape index (κ2) is 14.3. The van der Waals surface area contributed by atoms with Gasteiger partial charge in [0.15, 0.2) is 0 Å². The minimum Gasteiger partial charge on any atom is -0.508 e. The van der Waals surface area contributed by atoms with Crippen molar-refractivity contribution in [3.63, 3.8) is 0 Å². The first-order chi connectivity index (χ1) is 15.1. The van der Waals surface area contributed by atoms with Gasteiger partial charge in [0, 0.05) is 26.3 Å². The van der Waals surface area contributed by atoms with Crippen molar-refractivity contribution >= 4 is 17.9 Å². The van der Waals surface area contributed by atoms with E-state index in [1.165, 1.54) is 19.9 Å². The molecule has 0 fully saturated rings. The van der Waals surface area contributed by atoms with Crippen molar-refractivity contribution in [3.05, 3.63) is 23.3 Å². The van der Waals surface area contributed by atoms with Crippen molar-refractivity contribution < 1.29 is 39.2 Å². The summed E-state index contributed by atoms with van der Waals surface area (Å²) < 4.78 is 10.4. The highest BCUT2D eigenvalue weighted by Gasteiger charge is 2.21. The summed E-state index contributed by atoms with van der Waals surface area (Å²) >= 11 is 0. The maximum absolute atomic E-state index is 11.5. The van der Waals surface area contributed by atoms with Crippen LogP contribution in [0, 0.1) is 0 Å². The number of phenolic OH excluding ortho intramolecular Hbond substituents is 1. The maximum Gasteiger partial charge on any atom is 0.339 e. The molecule has 0 heterocycles. The number of benzene rings is 1. The van der Waals surface area contributed by atoms with Gasteiger partial charge in [-0.2, -0.15) is 0 Å². The number of carbonyl (C=O) groups is 3. The zero-order chi connectivity index (χ0) is 24.1. The summed E-state index contributed by atoms with van der Waals surface area (Å²) in [6.07, 6.45) is 8.06. The third-order valence-corrected chi connectivity index (χ3v) is 5.18. The molecular weight excluding hydrogens is 416 g/mol. The Kier molecular flexibility index (Phi) is 12.2. The molecule has 0 bridgehead atoms. The smallest absolute Gasteiger partial charge is 0.339 e. The number of phenols is 2. The molecule has 3 N–H and O–H groups in total. The standard InChI is InChI=1S/C24H36O8/c1-16(31-17(2)25)11-9-7-5-4-6-8-10-12-21(32-18(3)26)14-19-13-20(27)15-22(28)23(19)24(29)30/h13,15-16,21,27-28H,4-12,14H2,1-3H3,(H,29,30). The van der Waals surface area contributed by atoms with Crippen molar-refractivity contribution in [3.8, 4) is 11.5 Å². The zero-order valence-corrected chi connectivity index (χ0v) is 19.3. The molecule has 0 saturated heterocycles. The van der Waals surface area contributed by atoms with Crippen LogP contribution in [0.4, 0.5) is 0 Å². The first-order valence-electron chi connectivity index (χ1n) is 11.2. The third-order valence-electron chi connectivity index (χ3n) is 5.18. The molecule has 0 spiro atoms. The van der Waals surface area contributed by atoms with Crippen molar-refractivity contribution in [1.29, 1.82) is 0 Å². The lowest BCUT2D eigenvalue weighted by Gasteiger charge is -2.19. The lowest BCUT2D eigenvalue weighted by molar-refractivity contribution is -0.147. The molecule has 0 amide bonds. The molecule has 32 heavy (non-hydrogen) atoms. The van der Waals surface area contributed by atoms with E-state index in [4.69, 9.17) is 9.47 Å². The summed E-state index contributed by atoms with van der Waals surface area (Å²) in [4.78, 5) is 33.8. The highest BCUT2D eigenvalue weighted by molar-refractivity contribution is 5.93. The lowest BCUT2D eigenvalue weighted by atomic mass is 9.97. The van der Waals surface area contributed by atoms with Gasteiger partial charge in [0.1, 0.15) is 23.2 Å². The van der Waals surface area contributed by atoms with Crippen molar-refractivity contribution in [2.75, 3.05) is 0 Å². The van der Waals surface area contributed by atoms with Crippen molar-refractivity contribution in [1.82, 2.24) is 0 Å². The molecule has 1 aromatic rings. The summed E-state index contributed by atoms with van der Waals surface area (Å²) in [6.45, 7) is 4.62. The van der Waals surface area contributed by atoms with Crippen LogP contribution in [0.3, 0.4) is 0 Å². The molecular formula is C24H36O8. The largest absolute Gasteiger partial charge is 0.508 e. The second-order valence-electron chi connectivity index (χ2n) is 8.21. The molecule has 0 aromatic heterocycles. The van der Waals surface area contributed by atoms with E-state index in [1.54, 1.807) is 0 Å². The number of aromatic hydroxyl groups is 2. The topological polar surface area (TPSA) is 130 Å². The van der Waals surface area contributed by atoms with Crippen LogP contribution in [-0.4, -0.2) is 45.4 Å². The van der Waals surface area contributed by atoms with E-state index in [0.29, 0.717) is 6.42 Å². The normalized spacial score (nSPS) is 12.7. The monoisotopic (exact) mass is 452 g/mol. The van der Waals surface area contributed by atoms with Crippen LogP contribution in [0.2, 0.25) is 0 Å². The Morgan fingerprint density at radius 3 is 1.91 bits per heavy atom. The number of carbonyl (C=O) groups excluding carboxylic acids is 2. The Morgan fingerprint density at radius 2 is 1.38 bits per heavy atom. The molecule has 0 aliphatic heterocycles. The van der Waals surface area contributed by atoms with E-state index in [1.807, 2.05) is 6.92 Å². The van der Waals surface area contributed by atoms with Gasteiger partial charge < -0.3 is 24.8 Å². The molecule has 180 valence electrons. The number of esters is 2. The average molecular weight is 453 g/mol. The van der Waals surface area contributed by atoms with Crippen LogP contribution in [0.25, 0.3) is 0 Å². The lowest BCUT2D eigenvalue weighted by Crippen LogP contribution is -2.20. The summed E-state index contributed by atoms with van der Waals surface area (Å²) in [7, 11) is 0. The van der Waals surface area contributed by atoms with E-state index in [9.17, 15) is 29.7 Å². The molecule has 2 atom stereocenters. The van der Waals surface area contributed by atoms with Gasteiger partial charge in [-0.05, 0) is 44.2 Å². The summed E-state index contributed by atoms with van der Waals surface area (Å²) in [6, 6.07) is 2.26. The fourth-order valence-corrected chi connectivity index (χ4v) is 3.79. The Bertz CT molecular complexity index is 759. The van der Waals surface area contributed by atoms with Gasteiger partial charge in [0.2, 0.25) is 0 Å². The SMILES string of the molecule is CC(=O)OC(C)CCCCCCCCCC(Cc1cc(O)cc(O)c1C(=O)O)OC(C)=O. The Hall–Kier alpha value is -2.77. The molecule has 0 radical (unpaired) electrons. The number of ether oxygens (including phenoxy) is 2. The van der Waals surface area contributed by atoms with E-state index in [0.717, 1.165) is 57.4 Å². The molecule has 0 aliphatic rings. The van der Waals surface area contributed by atoms with Gasteiger partial charge in [-0.3, -0.25) is 9.59 Å². The molecule has 1 rings (SSSR count). The Balaban J connectivity index is 2.41. The molecule has 0 saturated carbocycles. The van der Waals surface area contributed by atoms with Crippen molar-refractivity contribution in [2.24, 2.45) is 0 Å². The summed E-state index contributed by atoms with van der Waals surface area (Å²) in [5, 5.41) is 29.0. The molecule has 8 nitrogen and oxygen atoms in total. The van der Waals surface area contributed by atoms with Gasteiger partial charge in [-0.25, -0.2) is 4.79 Å². The minimum atomic E-state index is -1.30. The molecule has 1 aromatic carbocycles. The Morgan fingerprint density at radius 1 is 0.844 bits per heavy atom. The number of hydrogen-bond donors (Lipinski definition) is 3. The maximum atomic E-state index is 11.5. The summed E-state index contributed by atoms with van der Waals surface area (Å²) in [5.74, 6) is -2.77. The number of carboxylic acid groups (broad SMARTS) is 1. The number of rotatable bonds is 15. The van der Waals surface area contributed by atoms with Gasteiger partial charge in [-0.15, -0.1) is 0 Å². The van der Waals surface area contributed by atoms with Crippen LogP contribution in [0.1, 0.15) is 94.5 Å². The Labute approximate surface area is 189 Å². The van der Waals surface area contributed by atoms with Gasteiger partial charge in [0.05, 0.1) is 6.10 Å². The minimum absolute atomic E-state index is 0.0409. The number of unbranched alkanes of at least 4 members (excludes halogenated alkanes) is 6. The fourth-order valence-electron chi connectivity index (χ4n) is 3.79. The molecule has 2 unspecified atom stereocenters. The highest BCUT2D eigenvalue weighted by atomic mass is 16.5. The first kappa shape index (κ1) is 27.3. The van der Waals surface area contributed by atoms with E-state index in [2.05, 4.69) is 0 Å². The number of hydrogen-bond acceptors (Lipinski definition) is 7. The van der Waals surface area contributed by atoms with Crippen LogP contribution < -0.4 is 0 Å². The fraction of sp³-hybridized carbons (Fsp3) is 0.625. The van der Waals surface area contributed by atoms with Gasteiger partial charge in [0.25, 0.3) is 0 Å². The first-order valence-corrected chi connectivity index (χ1v) is 11.2. The highest BCUT2D eigenvalue weighted by Crippen LogP contribution is 2.29. The zero-order valence-electron chi connectivity index (χ0n) is 19.3. The van der Waals surface area contributed by atoms with E-state index >= 15 is 0 Å². The van der Waals surface area contributed by atoms with Crippen LogP contribution in [-0.2, 0) is 25.5 Å². The third kappa shape index (κ3) is 11.0. The molecule has 0 aliphatic carbocycles. The molecule has 8 heteroatoms. The summed E-state index contributed by atoms with van der Waals surface area (Å²) in [5.41, 5.74) is -0.0628. The quantitative estimate of drug-likeness (QED) is 0.257. The van der Waals surface area contributed by atoms with Gasteiger partial charge in [-0.1, -0.05) is 32.1 Å². The van der Waals surface area contributed by atoms with Crippen LogP contribution >= 0.6 is 0 Å². The predicted octanol–water partition coefficient (Wildman–Crippen LogP) is 4.73. The van der Waals surface area contributed by atoms with Crippen LogP contribution in [0.15, 0.2) is 12.1 Å². The van der Waals surface area contributed by atoms with Crippen molar-refractivity contribution in [2.45, 2.75) is 97.2 Å². The second-order valence-corrected chi connectivity index (χ2v) is 8.21. The number of carboxylic acids is 1. The van der Waals surface area contributed by atoms with E-state index in [-0.39, 0.29) is 35.4 Å². The van der Waals surface area contributed by atoms with E-state index < -0.39 is 23.8 Å². The average Bonchev–Trinajstić information content (AvgIpc) is 2.64. The van der Waals surface area contributed by atoms with Crippen LogP contribution in [0.5, 0.6) is 11.5 Å². The van der Waals surface area contributed by atoms with Gasteiger partial charge >= 0.3 is 17.9 Å². The predicted molar refractivity (Wildman–Crippen MR) is 119 cm³/mol.